The summed E-state index contributed by atoms with van der Waals surface area (Å²) < 4.78 is 31.8. The number of methoxy groups -OCH3 is 1. The average Bonchev–Trinajstić information content (AvgIpc) is 2.91. The van der Waals surface area contributed by atoms with Crippen molar-refractivity contribution in [1.82, 2.24) is 0 Å². The second-order valence-corrected chi connectivity index (χ2v) is 6.84. The van der Waals surface area contributed by atoms with Crippen LogP contribution in [-0.2, 0) is 10.0 Å². The van der Waals surface area contributed by atoms with E-state index >= 15 is 0 Å². The molecule has 6 nitrogen and oxygen atoms in total. The fourth-order valence-corrected chi connectivity index (χ4v) is 4.13. The maximum absolute atomic E-state index is 12.3. The minimum Gasteiger partial charge on any atom is -0.497 e. The Morgan fingerprint density at radius 3 is 2.71 bits per heavy atom. The molecule has 1 aromatic heterocycles. The first-order chi connectivity index (χ1) is 9.85. The molecule has 0 aliphatic rings. The first-order valence-electron chi connectivity index (χ1n) is 5.52. The molecule has 0 fully saturated rings. The quantitative estimate of drug-likeness (QED) is 0.867. The van der Waals surface area contributed by atoms with Gasteiger partial charge in [0.2, 0.25) is 0 Å². The standard InChI is InChI=1S/C12H10ClNO5S2/c1-19-7-2-3-8(13)9(6-7)14-21(17,18)10-4-5-20-11(10)12(15)16/h2-6,14H,1H3,(H,15,16). The third-order valence-electron chi connectivity index (χ3n) is 2.53. The molecule has 0 aliphatic heterocycles. The lowest BCUT2D eigenvalue weighted by Crippen LogP contribution is -2.15. The number of hydrogen-bond acceptors (Lipinski definition) is 5. The topological polar surface area (TPSA) is 92.7 Å². The van der Waals surface area contributed by atoms with Gasteiger partial charge in [0.15, 0.2) is 0 Å². The van der Waals surface area contributed by atoms with Gasteiger partial charge in [-0.1, -0.05) is 11.6 Å². The van der Waals surface area contributed by atoms with Crippen LogP contribution in [0.4, 0.5) is 5.69 Å². The van der Waals surface area contributed by atoms with Crippen LogP contribution in [0.3, 0.4) is 0 Å². The minimum absolute atomic E-state index is 0.110. The molecule has 112 valence electrons. The van der Waals surface area contributed by atoms with E-state index in [-0.39, 0.29) is 20.5 Å². The number of rotatable bonds is 5. The molecule has 0 aliphatic carbocycles. The molecule has 0 amide bonds. The zero-order chi connectivity index (χ0) is 15.6. The van der Waals surface area contributed by atoms with E-state index in [1.54, 1.807) is 6.07 Å². The van der Waals surface area contributed by atoms with Crippen LogP contribution in [-0.4, -0.2) is 26.6 Å². The number of carbonyl (C=O) groups is 1. The number of nitrogens with one attached hydrogen (secondary N) is 1. The van der Waals surface area contributed by atoms with Crippen LogP contribution in [0.2, 0.25) is 5.02 Å². The third kappa shape index (κ3) is 3.29. The number of thiophene rings is 1. The van der Waals surface area contributed by atoms with Crippen molar-refractivity contribution in [3.05, 3.63) is 39.5 Å². The van der Waals surface area contributed by atoms with E-state index in [4.69, 9.17) is 21.4 Å². The Kier molecular flexibility index (Phi) is 4.40. The van der Waals surface area contributed by atoms with Crippen molar-refractivity contribution >= 4 is 44.6 Å². The van der Waals surface area contributed by atoms with Crippen LogP contribution in [0, 0.1) is 0 Å². The Bertz CT molecular complexity index is 785. The van der Waals surface area contributed by atoms with Crippen molar-refractivity contribution in [2.24, 2.45) is 0 Å². The van der Waals surface area contributed by atoms with E-state index in [1.807, 2.05) is 0 Å². The van der Waals surface area contributed by atoms with Gasteiger partial charge in [0.05, 0.1) is 17.8 Å². The molecule has 0 bridgehead atoms. The number of hydrogen-bond donors (Lipinski definition) is 2. The highest BCUT2D eigenvalue weighted by molar-refractivity contribution is 7.93. The van der Waals surface area contributed by atoms with E-state index < -0.39 is 16.0 Å². The molecule has 9 heteroatoms. The predicted octanol–water partition coefficient (Wildman–Crippen LogP) is 2.91. The normalized spacial score (nSPS) is 11.1. The monoisotopic (exact) mass is 347 g/mol. The fraction of sp³-hybridized carbons (Fsp3) is 0.0833. The van der Waals surface area contributed by atoms with Gasteiger partial charge in [-0.2, -0.15) is 0 Å². The number of halogens is 1. The van der Waals surface area contributed by atoms with E-state index in [2.05, 4.69) is 4.72 Å². The molecule has 21 heavy (non-hydrogen) atoms. The number of anilines is 1. The number of ether oxygens (including phenoxy) is 1. The highest BCUT2D eigenvalue weighted by Gasteiger charge is 2.24. The van der Waals surface area contributed by atoms with Crippen LogP contribution in [0.25, 0.3) is 0 Å². The van der Waals surface area contributed by atoms with Crippen LogP contribution < -0.4 is 9.46 Å². The smallest absolute Gasteiger partial charge is 0.347 e. The number of benzene rings is 1. The molecule has 0 radical (unpaired) electrons. The summed E-state index contributed by atoms with van der Waals surface area (Å²) in [6, 6.07) is 5.69. The SMILES string of the molecule is COc1ccc(Cl)c(NS(=O)(=O)c2ccsc2C(=O)O)c1. The van der Waals surface area contributed by atoms with Gasteiger partial charge in [0.1, 0.15) is 15.5 Å². The summed E-state index contributed by atoms with van der Waals surface area (Å²) in [4.78, 5) is 10.5. The third-order valence-corrected chi connectivity index (χ3v) is 5.30. The molecular weight excluding hydrogens is 338 g/mol. The molecule has 2 N–H and O–H groups in total. The maximum Gasteiger partial charge on any atom is 0.347 e. The zero-order valence-electron chi connectivity index (χ0n) is 10.7. The lowest BCUT2D eigenvalue weighted by atomic mass is 10.3. The number of carboxylic acids is 1. The van der Waals surface area contributed by atoms with Crippen molar-refractivity contribution < 1.29 is 23.1 Å². The zero-order valence-corrected chi connectivity index (χ0v) is 13.1. The second kappa shape index (κ2) is 5.92. The summed E-state index contributed by atoms with van der Waals surface area (Å²) in [6.07, 6.45) is 0. The van der Waals surface area contributed by atoms with Gasteiger partial charge in [-0.05, 0) is 23.6 Å². The van der Waals surface area contributed by atoms with Crippen molar-refractivity contribution in [2.45, 2.75) is 4.90 Å². The first kappa shape index (κ1) is 15.6. The molecule has 2 aromatic rings. The van der Waals surface area contributed by atoms with Crippen LogP contribution in [0.15, 0.2) is 34.5 Å². The molecule has 1 heterocycles. The molecule has 0 unspecified atom stereocenters. The highest BCUT2D eigenvalue weighted by atomic mass is 35.5. The van der Waals surface area contributed by atoms with Crippen molar-refractivity contribution in [3.8, 4) is 5.75 Å². The fourth-order valence-electron chi connectivity index (χ4n) is 1.57. The summed E-state index contributed by atoms with van der Waals surface area (Å²) in [5.74, 6) is -0.886. The molecule has 1 aromatic carbocycles. The highest BCUT2D eigenvalue weighted by Crippen LogP contribution is 2.30. The Morgan fingerprint density at radius 1 is 1.38 bits per heavy atom. The average molecular weight is 348 g/mol. The van der Waals surface area contributed by atoms with Gasteiger partial charge in [-0.15, -0.1) is 11.3 Å². The van der Waals surface area contributed by atoms with E-state index in [0.717, 1.165) is 11.3 Å². The van der Waals surface area contributed by atoms with E-state index in [9.17, 15) is 13.2 Å². The summed E-state index contributed by atoms with van der Waals surface area (Å²) in [5, 5.41) is 10.6. The minimum atomic E-state index is -4.05. The number of sulfonamides is 1. The molecule has 0 saturated heterocycles. The molecule has 0 saturated carbocycles. The summed E-state index contributed by atoms with van der Waals surface area (Å²) in [7, 11) is -2.62. The summed E-state index contributed by atoms with van der Waals surface area (Å²) >= 11 is 6.76. The molecule has 0 spiro atoms. The first-order valence-corrected chi connectivity index (χ1v) is 8.26. The molecule has 0 atom stereocenters. The second-order valence-electron chi connectivity index (χ2n) is 3.87. The van der Waals surface area contributed by atoms with Gasteiger partial charge in [-0.25, -0.2) is 13.2 Å². The molecular formula is C12H10ClNO5S2. The van der Waals surface area contributed by atoms with Crippen molar-refractivity contribution in [3.63, 3.8) is 0 Å². The van der Waals surface area contributed by atoms with Gasteiger partial charge in [-0.3, -0.25) is 4.72 Å². The largest absolute Gasteiger partial charge is 0.497 e. The van der Waals surface area contributed by atoms with Gasteiger partial charge < -0.3 is 9.84 Å². The van der Waals surface area contributed by atoms with Gasteiger partial charge in [0, 0.05) is 6.07 Å². The Hall–Kier alpha value is -1.77. The van der Waals surface area contributed by atoms with Crippen LogP contribution in [0.5, 0.6) is 5.75 Å². The number of aromatic carboxylic acids is 1. The lowest BCUT2D eigenvalue weighted by Gasteiger charge is -2.10. The maximum atomic E-state index is 12.3. The van der Waals surface area contributed by atoms with Crippen molar-refractivity contribution in [2.75, 3.05) is 11.8 Å². The lowest BCUT2D eigenvalue weighted by molar-refractivity contribution is 0.0698. The van der Waals surface area contributed by atoms with E-state index in [1.165, 1.54) is 30.7 Å². The van der Waals surface area contributed by atoms with Gasteiger partial charge in [0.25, 0.3) is 10.0 Å². The predicted molar refractivity (Wildman–Crippen MR) is 80.1 cm³/mol. The molecule has 2 rings (SSSR count). The van der Waals surface area contributed by atoms with Gasteiger partial charge >= 0.3 is 5.97 Å². The summed E-state index contributed by atoms with van der Waals surface area (Å²) in [5.41, 5.74) is 0.110. The van der Waals surface area contributed by atoms with Crippen molar-refractivity contribution in [1.29, 1.82) is 0 Å². The van der Waals surface area contributed by atoms with E-state index in [0.29, 0.717) is 5.75 Å². The Labute approximate surface area is 130 Å². The van der Waals surface area contributed by atoms with Crippen LogP contribution in [0.1, 0.15) is 9.67 Å². The number of carboxylic acid groups (broad SMARTS) is 1. The van der Waals surface area contributed by atoms with Crippen LogP contribution >= 0.6 is 22.9 Å². The Morgan fingerprint density at radius 2 is 2.10 bits per heavy atom. The Balaban J connectivity index is 2.42. The summed E-state index contributed by atoms with van der Waals surface area (Å²) in [6.45, 7) is 0.